The van der Waals surface area contributed by atoms with Gasteiger partial charge in [0.05, 0.1) is 5.92 Å². The zero-order valence-corrected chi connectivity index (χ0v) is 14.0. The molecular formula is C18H19Cl2NO. The molecule has 0 bridgehead atoms. The van der Waals surface area contributed by atoms with Gasteiger partial charge >= 0.3 is 0 Å². The molecule has 0 aliphatic rings. The Hall–Kier alpha value is -1.51. The van der Waals surface area contributed by atoms with Gasteiger partial charge < -0.3 is 5.32 Å². The van der Waals surface area contributed by atoms with Gasteiger partial charge in [0.15, 0.2) is 0 Å². The van der Waals surface area contributed by atoms with Crippen molar-refractivity contribution >= 4 is 29.1 Å². The summed E-state index contributed by atoms with van der Waals surface area (Å²) in [6, 6.07) is 15.3. The van der Waals surface area contributed by atoms with Crippen LogP contribution in [0.4, 0.5) is 0 Å². The first-order chi connectivity index (χ1) is 10.6. The molecule has 0 aliphatic carbocycles. The van der Waals surface area contributed by atoms with Crippen LogP contribution in [0.2, 0.25) is 10.0 Å². The fourth-order valence-corrected chi connectivity index (χ4v) is 2.93. The highest BCUT2D eigenvalue weighted by atomic mass is 35.5. The molecule has 0 aromatic heterocycles. The maximum atomic E-state index is 12.3. The predicted molar refractivity (Wildman–Crippen MR) is 92.6 cm³/mol. The molecule has 1 atom stereocenters. The van der Waals surface area contributed by atoms with Crippen LogP contribution in [0.1, 0.15) is 30.4 Å². The van der Waals surface area contributed by atoms with Crippen molar-refractivity contribution in [1.82, 2.24) is 5.32 Å². The van der Waals surface area contributed by atoms with Crippen LogP contribution in [-0.2, 0) is 11.2 Å². The van der Waals surface area contributed by atoms with Gasteiger partial charge in [-0.2, -0.15) is 0 Å². The van der Waals surface area contributed by atoms with Crippen LogP contribution >= 0.6 is 23.2 Å². The predicted octanol–water partition coefficient (Wildman–Crippen LogP) is 4.85. The van der Waals surface area contributed by atoms with Crippen molar-refractivity contribution in [2.75, 3.05) is 6.54 Å². The normalized spacial score (nSPS) is 12.0. The number of hydrogen-bond acceptors (Lipinski definition) is 1. The summed E-state index contributed by atoms with van der Waals surface area (Å²) < 4.78 is 0. The Labute approximate surface area is 141 Å². The van der Waals surface area contributed by atoms with E-state index in [-0.39, 0.29) is 11.8 Å². The molecule has 0 radical (unpaired) electrons. The number of amides is 1. The molecule has 0 saturated heterocycles. The summed E-state index contributed by atoms with van der Waals surface area (Å²) in [7, 11) is 0. The van der Waals surface area contributed by atoms with Crippen molar-refractivity contribution in [3.05, 3.63) is 69.7 Å². The summed E-state index contributed by atoms with van der Waals surface area (Å²) in [5.41, 5.74) is 2.03. The lowest BCUT2D eigenvalue weighted by Crippen LogP contribution is -2.30. The van der Waals surface area contributed by atoms with Gasteiger partial charge in [0.2, 0.25) is 5.91 Å². The lowest BCUT2D eigenvalue weighted by Gasteiger charge is -2.15. The number of nitrogens with one attached hydrogen (secondary N) is 1. The number of hydrogen-bond donors (Lipinski definition) is 1. The molecule has 2 rings (SSSR count). The molecular weight excluding hydrogens is 317 g/mol. The smallest absolute Gasteiger partial charge is 0.227 e. The molecule has 2 nitrogen and oxygen atoms in total. The lowest BCUT2D eigenvalue weighted by atomic mass is 9.95. The molecule has 0 spiro atoms. The monoisotopic (exact) mass is 335 g/mol. The van der Waals surface area contributed by atoms with E-state index in [0.29, 0.717) is 23.0 Å². The first-order valence-corrected chi connectivity index (χ1v) is 8.14. The highest BCUT2D eigenvalue weighted by molar-refractivity contribution is 6.35. The first kappa shape index (κ1) is 16.9. The third-order valence-corrected chi connectivity index (χ3v) is 4.22. The number of rotatable bonds is 6. The molecule has 116 valence electrons. The highest BCUT2D eigenvalue weighted by Gasteiger charge is 2.17. The number of carbonyl (C=O) groups is 1. The molecule has 1 amide bonds. The Balaban J connectivity index is 1.92. The third-order valence-electron chi connectivity index (χ3n) is 3.64. The fraction of sp³-hybridized carbons (Fsp3) is 0.278. The third kappa shape index (κ3) is 4.49. The second-order valence-corrected chi connectivity index (χ2v) is 5.99. The Morgan fingerprint density at radius 3 is 2.50 bits per heavy atom. The van der Waals surface area contributed by atoms with Crippen LogP contribution in [0.5, 0.6) is 0 Å². The lowest BCUT2D eigenvalue weighted by molar-refractivity contribution is -0.122. The quantitative estimate of drug-likeness (QED) is 0.803. The molecule has 0 saturated carbocycles. The van der Waals surface area contributed by atoms with Gasteiger partial charge in [0.1, 0.15) is 0 Å². The molecule has 2 aromatic carbocycles. The Bertz CT molecular complexity index is 628. The molecule has 1 N–H and O–H groups in total. The summed E-state index contributed by atoms with van der Waals surface area (Å²) in [5.74, 6) is -0.0549. The molecule has 0 fully saturated rings. The zero-order chi connectivity index (χ0) is 15.9. The van der Waals surface area contributed by atoms with Gasteiger partial charge in [-0.1, -0.05) is 66.5 Å². The van der Waals surface area contributed by atoms with Crippen molar-refractivity contribution in [2.45, 2.75) is 25.7 Å². The van der Waals surface area contributed by atoms with Gasteiger partial charge in [0.25, 0.3) is 0 Å². The Kier molecular flexibility index (Phi) is 6.29. The van der Waals surface area contributed by atoms with E-state index in [1.165, 1.54) is 0 Å². The van der Waals surface area contributed by atoms with Crippen molar-refractivity contribution in [3.8, 4) is 0 Å². The Morgan fingerprint density at radius 1 is 1.14 bits per heavy atom. The van der Waals surface area contributed by atoms with E-state index in [0.717, 1.165) is 17.5 Å². The number of halogens is 2. The topological polar surface area (TPSA) is 29.1 Å². The summed E-state index contributed by atoms with van der Waals surface area (Å²) in [6.07, 6.45) is 1.46. The fourth-order valence-electron chi connectivity index (χ4n) is 2.43. The van der Waals surface area contributed by atoms with Crippen LogP contribution in [0.3, 0.4) is 0 Å². The van der Waals surface area contributed by atoms with Crippen LogP contribution in [0, 0.1) is 0 Å². The number of benzene rings is 2. The minimum atomic E-state index is -0.109. The SMILES string of the molecule is CC[C@H](C(=O)NCCc1ccc(Cl)cc1Cl)c1ccccc1. The summed E-state index contributed by atoms with van der Waals surface area (Å²) in [6.45, 7) is 2.58. The summed E-state index contributed by atoms with van der Waals surface area (Å²) in [4.78, 5) is 12.3. The highest BCUT2D eigenvalue weighted by Crippen LogP contribution is 2.22. The van der Waals surface area contributed by atoms with Gasteiger partial charge in [0, 0.05) is 16.6 Å². The van der Waals surface area contributed by atoms with E-state index in [9.17, 15) is 4.79 Å². The summed E-state index contributed by atoms with van der Waals surface area (Å²) >= 11 is 12.0. The van der Waals surface area contributed by atoms with Crippen LogP contribution < -0.4 is 5.32 Å². The minimum absolute atomic E-state index is 0.0544. The van der Waals surface area contributed by atoms with Crippen LogP contribution in [-0.4, -0.2) is 12.5 Å². The molecule has 4 heteroatoms. The molecule has 0 heterocycles. The van der Waals surface area contributed by atoms with Crippen LogP contribution in [0.15, 0.2) is 48.5 Å². The minimum Gasteiger partial charge on any atom is -0.355 e. The molecule has 0 unspecified atom stereocenters. The maximum Gasteiger partial charge on any atom is 0.227 e. The second-order valence-electron chi connectivity index (χ2n) is 5.15. The van der Waals surface area contributed by atoms with E-state index in [4.69, 9.17) is 23.2 Å². The molecule has 0 aliphatic heterocycles. The maximum absolute atomic E-state index is 12.3. The average Bonchev–Trinajstić information content (AvgIpc) is 2.51. The van der Waals surface area contributed by atoms with Crippen molar-refractivity contribution in [1.29, 1.82) is 0 Å². The van der Waals surface area contributed by atoms with Gasteiger partial charge in [-0.15, -0.1) is 0 Å². The first-order valence-electron chi connectivity index (χ1n) is 7.38. The van der Waals surface area contributed by atoms with E-state index in [1.807, 2.05) is 49.4 Å². The van der Waals surface area contributed by atoms with E-state index in [1.54, 1.807) is 6.07 Å². The van der Waals surface area contributed by atoms with Crippen LogP contribution in [0.25, 0.3) is 0 Å². The standard InChI is InChI=1S/C18H19Cl2NO/c1-2-16(13-6-4-3-5-7-13)18(22)21-11-10-14-8-9-15(19)12-17(14)20/h3-9,12,16H,2,10-11H2,1H3,(H,21,22)/t16-/m0/s1. The Morgan fingerprint density at radius 2 is 1.86 bits per heavy atom. The van der Waals surface area contributed by atoms with Crippen molar-refractivity contribution in [3.63, 3.8) is 0 Å². The summed E-state index contributed by atoms with van der Waals surface area (Å²) in [5, 5.41) is 4.25. The van der Waals surface area contributed by atoms with E-state index < -0.39 is 0 Å². The van der Waals surface area contributed by atoms with Gasteiger partial charge in [-0.3, -0.25) is 4.79 Å². The van der Waals surface area contributed by atoms with Gasteiger partial charge in [-0.05, 0) is 36.1 Å². The largest absolute Gasteiger partial charge is 0.355 e. The number of carbonyl (C=O) groups excluding carboxylic acids is 1. The van der Waals surface area contributed by atoms with E-state index in [2.05, 4.69) is 5.32 Å². The second kappa shape index (κ2) is 8.21. The van der Waals surface area contributed by atoms with Crippen molar-refractivity contribution in [2.24, 2.45) is 0 Å². The molecule has 22 heavy (non-hydrogen) atoms. The van der Waals surface area contributed by atoms with Gasteiger partial charge in [-0.25, -0.2) is 0 Å². The zero-order valence-electron chi connectivity index (χ0n) is 12.5. The van der Waals surface area contributed by atoms with Crippen molar-refractivity contribution < 1.29 is 4.79 Å². The molecule has 2 aromatic rings. The van der Waals surface area contributed by atoms with E-state index >= 15 is 0 Å². The average molecular weight is 336 g/mol.